The lowest BCUT2D eigenvalue weighted by molar-refractivity contribution is 0.0762. The molecule has 0 bridgehead atoms. The van der Waals surface area contributed by atoms with Gasteiger partial charge in [0.25, 0.3) is 0 Å². The molecular weight excluding hydrogens is 448 g/mol. The van der Waals surface area contributed by atoms with Crippen LogP contribution < -0.4 is 0 Å². The minimum absolute atomic E-state index is 0.0511. The average Bonchev–Trinajstić information content (AvgIpc) is 3.13. The van der Waals surface area contributed by atoms with E-state index < -0.39 is 0 Å². The summed E-state index contributed by atoms with van der Waals surface area (Å²) in [6.45, 7) is 5.58. The van der Waals surface area contributed by atoms with E-state index in [9.17, 15) is 9.18 Å². The molecule has 4 nitrogen and oxygen atoms in total. The number of halogens is 3. The Labute approximate surface area is 197 Å². The smallest absolute Gasteiger partial charge is 0.179 e. The minimum Gasteiger partial charge on any atom is -0.293 e. The van der Waals surface area contributed by atoms with E-state index in [1.54, 1.807) is 12.1 Å². The molecule has 32 heavy (non-hydrogen) atoms. The molecule has 4 rings (SSSR count). The maximum atomic E-state index is 13.3. The summed E-state index contributed by atoms with van der Waals surface area (Å²) in [5.41, 5.74) is 2.52. The molecule has 0 radical (unpaired) electrons. The van der Waals surface area contributed by atoms with Crippen LogP contribution in [0.5, 0.6) is 0 Å². The van der Waals surface area contributed by atoms with Gasteiger partial charge in [0.05, 0.1) is 27.3 Å². The van der Waals surface area contributed by atoms with Gasteiger partial charge in [0.1, 0.15) is 5.82 Å². The first kappa shape index (κ1) is 23.0. The summed E-state index contributed by atoms with van der Waals surface area (Å²) in [5, 5.41) is 6.91. The summed E-state index contributed by atoms with van der Waals surface area (Å²) in [5.74, 6) is -0.00695. The maximum absolute atomic E-state index is 13.3. The van der Waals surface area contributed by atoms with Crippen molar-refractivity contribution in [2.45, 2.75) is 45.1 Å². The van der Waals surface area contributed by atoms with Crippen molar-refractivity contribution in [3.8, 4) is 0 Å². The number of hydrogen-bond acceptors (Lipinski definition) is 3. The second-order valence-corrected chi connectivity index (χ2v) is 9.02. The van der Waals surface area contributed by atoms with Crippen molar-refractivity contribution < 1.29 is 9.18 Å². The predicted octanol–water partition coefficient (Wildman–Crippen LogP) is 6.81. The summed E-state index contributed by atoms with van der Waals surface area (Å²) in [6, 6.07) is 9.39. The molecule has 1 unspecified atom stereocenters. The first-order valence-electron chi connectivity index (χ1n) is 11.0. The molecule has 2 heterocycles. The number of piperidine rings is 1. The van der Waals surface area contributed by atoms with Gasteiger partial charge in [-0.3, -0.25) is 9.69 Å². The van der Waals surface area contributed by atoms with Crippen LogP contribution in [0.15, 0.2) is 42.5 Å². The van der Waals surface area contributed by atoms with Gasteiger partial charge < -0.3 is 0 Å². The van der Waals surface area contributed by atoms with Crippen molar-refractivity contribution in [1.82, 2.24) is 14.7 Å². The van der Waals surface area contributed by atoms with Gasteiger partial charge in [-0.2, -0.15) is 5.10 Å². The van der Waals surface area contributed by atoms with Crippen LogP contribution in [-0.4, -0.2) is 39.6 Å². The number of carbonyl (C=O) groups excluding carboxylic acids is 1. The molecule has 0 spiro atoms. The molecule has 1 aliphatic rings. The fourth-order valence-corrected chi connectivity index (χ4v) is 4.93. The van der Waals surface area contributed by atoms with Gasteiger partial charge in [-0.15, -0.1) is 0 Å². The van der Waals surface area contributed by atoms with E-state index in [1.807, 2.05) is 42.9 Å². The lowest BCUT2D eigenvalue weighted by Crippen LogP contribution is -2.45. The number of aromatic nitrogens is 2. The minimum atomic E-state index is -0.332. The molecule has 1 atom stereocenters. The SMILES string of the molecule is CC=Cn1nc(C2CCN(C(CC)C(=O)c3ccc(F)cc3)CC2)c2cc(Cl)c(Cl)cc21. The number of likely N-dealkylation sites (tertiary alicyclic amines) is 1. The number of hydrogen-bond donors (Lipinski definition) is 0. The van der Waals surface area contributed by atoms with Crippen molar-refractivity contribution in [1.29, 1.82) is 0 Å². The lowest BCUT2D eigenvalue weighted by atomic mass is 9.89. The van der Waals surface area contributed by atoms with E-state index >= 15 is 0 Å². The zero-order valence-corrected chi connectivity index (χ0v) is 19.7. The fourth-order valence-electron chi connectivity index (χ4n) is 4.61. The second-order valence-electron chi connectivity index (χ2n) is 8.20. The van der Waals surface area contributed by atoms with Crippen LogP contribution in [0.3, 0.4) is 0 Å². The van der Waals surface area contributed by atoms with Crippen LogP contribution in [0.2, 0.25) is 10.0 Å². The molecular formula is C25H26Cl2FN3O. The second kappa shape index (κ2) is 9.74. The van der Waals surface area contributed by atoms with Crippen LogP contribution in [0.4, 0.5) is 4.39 Å². The Hall–Kier alpha value is -2.21. The number of benzene rings is 2. The molecule has 0 amide bonds. The van der Waals surface area contributed by atoms with Gasteiger partial charge in [0.15, 0.2) is 5.78 Å². The number of nitrogens with zero attached hydrogens (tertiary/aromatic N) is 3. The van der Waals surface area contributed by atoms with Gasteiger partial charge in [-0.05, 0) is 75.7 Å². The van der Waals surface area contributed by atoms with Crippen LogP contribution in [0.25, 0.3) is 17.1 Å². The topological polar surface area (TPSA) is 38.1 Å². The van der Waals surface area contributed by atoms with Crippen molar-refractivity contribution in [3.63, 3.8) is 0 Å². The zero-order valence-electron chi connectivity index (χ0n) is 18.2. The van der Waals surface area contributed by atoms with Crippen molar-refractivity contribution in [2.24, 2.45) is 0 Å². The van der Waals surface area contributed by atoms with Crippen molar-refractivity contribution >= 4 is 46.1 Å². The van der Waals surface area contributed by atoms with Crippen molar-refractivity contribution in [2.75, 3.05) is 13.1 Å². The predicted molar refractivity (Wildman–Crippen MR) is 129 cm³/mol. The normalized spacial score (nSPS) is 16.8. The largest absolute Gasteiger partial charge is 0.293 e. The molecule has 1 saturated heterocycles. The average molecular weight is 474 g/mol. The van der Waals surface area contributed by atoms with E-state index in [-0.39, 0.29) is 23.6 Å². The Balaban J connectivity index is 1.54. The van der Waals surface area contributed by atoms with Crippen LogP contribution in [-0.2, 0) is 0 Å². The quantitative estimate of drug-likeness (QED) is 0.368. The first-order valence-corrected chi connectivity index (χ1v) is 11.7. The van der Waals surface area contributed by atoms with Gasteiger partial charge >= 0.3 is 0 Å². The molecule has 168 valence electrons. The third-order valence-electron chi connectivity index (χ3n) is 6.24. The highest BCUT2D eigenvalue weighted by Gasteiger charge is 2.31. The Morgan fingerprint density at radius 2 is 1.84 bits per heavy atom. The van der Waals surface area contributed by atoms with Gasteiger partial charge in [0.2, 0.25) is 0 Å². The summed E-state index contributed by atoms with van der Waals surface area (Å²) in [6.07, 6.45) is 6.37. The summed E-state index contributed by atoms with van der Waals surface area (Å²) < 4.78 is 15.1. The number of rotatable bonds is 6. The lowest BCUT2D eigenvalue weighted by Gasteiger charge is -2.36. The van der Waals surface area contributed by atoms with Crippen LogP contribution in [0.1, 0.15) is 55.1 Å². The highest BCUT2D eigenvalue weighted by Crippen LogP contribution is 2.37. The van der Waals surface area contributed by atoms with E-state index in [0.717, 1.165) is 42.5 Å². The first-order chi connectivity index (χ1) is 15.4. The third-order valence-corrected chi connectivity index (χ3v) is 6.96. The molecule has 1 fully saturated rings. The zero-order chi connectivity index (χ0) is 22.8. The van der Waals surface area contributed by atoms with Gasteiger partial charge in [-0.1, -0.05) is 36.2 Å². The molecule has 0 N–H and O–H groups in total. The third kappa shape index (κ3) is 4.47. The molecule has 0 saturated carbocycles. The summed E-state index contributed by atoms with van der Waals surface area (Å²) >= 11 is 12.6. The van der Waals surface area contributed by atoms with Gasteiger partial charge in [-0.25, -0.2) is 9.07 Å². The number of carbonyl (C=O) groups is 1. The Kier molecular flexibility index (Phi) is 6.99. The van der Waals surface area contributed by atoms with Crippen LogP contribution in [0, 0.1) is 5.82 Å². The Morgan fingerprint density at radius 1 is 1.19 bits per heavy atom. The van der Waals surface area contributed by atoms with Crippen LogP contribution >= 0.6 is 23.2 Å². The number of fused-ring (bicyclic) bond motifs is 1. The molecule has 0 aliphatic carbocycles. The summed E-state index contributed by atoms with van der Waals surface area (Å²) in [7, 11) is 0. The number of Topliss-reactive ketones (excluding diaryl/α,β-unsaturated/α-hetero) is 1. The van der Waals surface area contributed by atoms with E-state index in [0.29, 0.717) is 22.0 Å². The highest BCUT2D eigenvalue weighted by atomic mass is 35.5. The van der Waals surface area contributed by atoms with E-state index in [2.05, 4.69) is 4.90 Å². The summed E-state index contributed by atoms with van der Waals surface area (Å²) in [4.78, 5) is 15.3. The maximum Gasteiger partial charge on any atom is 0.179 e. The van der Waals surface area contributed by atoms with E-state index in [1.165, 1.54) is 12.1 Å². The Morgan fingerprint density at radius 3 is 2.47 bits per heavy atom. The molecule has 1 aliphatic heterocycles. The molecule has 3 aromatic rings. The number of allylic oxidation sites excluding steroid dienone is 1. The molecule has 7 heteroatoms. The fraction of sp³-hybridized carbons (Fsp3) is 0.360. The Bertz CT molecular complexity index is 1150. The van der Waals surface area contributed by atoms with Crippen molar-refractivity contribution in [3.05, 3.63) is 69.6 Å². The standard InChI is InChI=1S/C25H26Cl2FN3O/c1-3-11-31-23-15-21(27)20(26)14-19(23)24(29-31)16-9-12-30(13-10-16)22(4-2)25(32)17-5-7-18(28)8-6-17/h3,5-8,11,14-16,22H,4,9-10,12-13H2,1-2H3. The van der Waals surface area contributed by atoms with Gasteiger partial charge in [0, 0.05) is 23.1 Å². The molecule has 2 aromatic carbocycles. The highest BCUT2D eigenvalue weighted by molar-refractivity contribution is 6.42. The number of ketones is 1. The molecule has 1 aromatic heterocycles. The van der Waals surface area contributed by atoms with E-state index in [4.69, 9.17) is 28.3 Å². The monoisotopic (exact) mass is 473 g/mol.